The first kappa shape index (κ1) is 16.0. The second-order valence-corrected chi connectivity index (χ2v) is 1.67. The smallest absolute Gasteiger partial charge is 0.316 e. The van der Waals surface area contributed by atoms with Gasteiger partial charge in [-0.05, 0) is 0 Å². The first-order valence-electron chi connectivity index (χ1n) is 2.12. The molecular weight excluding hydrogens is 131 g/mol. The third-order valence-corrected chi connectivity index (χ3v) is 0.1000. The van der Waals surface area contributed by atoms with Crippen LogP contribution >= 0.6 is 0 Å². The summed E-state index contributed by atoms with van der Waals surface area (Å²) in [5.74, 6) is 0. The summed E-state index contributed by atoms with van der Waals surface area (Å²) >= 11 is 1.85. The SMILES string of the molecule is C[CH]=[AlH].OCCO.[MgH2]. The Morgan fingerprint density at radius 1 is 1.38 bits per heavy atom. The number of aliphatic hydroxyl groups excluding tert-OH is 2. The summed E-state index contributed by atoms with van der Waals surface area (Å²) < 4.78 is 0. The average Bonchev–Trinajstić information content (AvgIpc) is 1.69. The molecule has 0 aliphatic rings. The maximum Gasteiger partial charge on any atom is 0.316 e. The van der Waals surface area contributed by atoms with Crippen LogP contribution in [-0.2, 0) is 0 Å². The van der Waals surface area contributed by atoms with Crippen molar-refractivity contribution >= 4 is 43.8 Å². The number of aliphatic hydroxyl groups is 2. The van der Waals surface area contributed by atoms with Gasteiger partial charge in [-0.15, -0.1) is 0 Å². The normalized spacial score (nSPS) is 5.25. The molecule has 0 aromatic heterocycles. The Labute approximate surface area is 74.0 Å². The zero-order valence-electron chi connectivity index (χ0n) is 4.59. The Morgan fingerprint density at radius 3 is 1.50 bits per heavy atom. The van der Waals surface area contributed by atoms with Crippen molar-refractivity contribution in [3.63, 3.8) is 0 Å². The molecule has 0 bridgehead atoms. The van der Waals surface area contributed by atoms with Gasteiger partial charge in [0, 0.05) is 0 Å². The first-order chi connectivity index (χ1) is 3.33. The number of hydrogen-bond acceptors (Lipinski definition) is 2. The van der Waals surface area contributed by atoms with Crippen molar-refractivity contribution in [3.8, 4) is 0 Å². The van der Waals surface area contributed by atoms with Crippen LogP contribution in [0.15, 0.2) is 0 Å². The van der Waals surface area contributed by atoms with Gasteiger partial charge in [-0.3, -0.25) is 0 Å². The van der Waals surface area contributed by atoms with Crippen molar-refractivity contribution in [1.82, 2.24) is 0 Å². The monoisotopic (exact) mass is 144 g/mol. The Hall–Kier alpha value is 1.09. The van der Waals surface area contributed by atoms with Gasteiger partial charge in [0.15, 0.2) is 0 Å². The summed E-state index contributed by atoms with van der Waals surface area (Å²) in [7, 11) is 0. The van der Waals surface area contributed by atoms with Gasteiger partial charge in [0.25, 0.3) is 0 Å². The maximum absolute atomic E-state index is 7.62. The fraction of sp³-hybridized carbons (Fsp3) is 0.750. The second kappa shape index (κ2) is 24.3. The van der Waals surface area contributed by atoms with Crippen LogP contribution in [0.25, 0.3) is 0 Å². The maximum atomic E-state index is 7.62. The van der Waals surface area contributed by atoms with E-state index in [2.05, 4.69) is 0 Å². The predicted octanol–water partition coefficient (Wildman–Crippen LogP) is -2.24. The van der Waals surface area contributed by atoms with Gasteiger partial charge in [-0.1, -0.05) is 0 Å². The second-order valence-electron chi connectivity index (χ2n) is 0.855. The molecule has 0 aromatic rings. The number of hydrogen-bond donors (Lipinski definition) is 2. The van der Waals surface area contributed by atoms with Gasteiger partial charge in [0.1, 0.15) is 0 Å². The Balaban J connectivity index is -0.0000000575. The summed E-state index contributed by atoms with van der Waals surface area (Å²) in [4.78, 5) is 2.03. The molecule has 0 unspecified atom stereocenters. The van der Waals surface area contributed by atoms with Gasteiger partial charge in [0.2, 0.25) is 0 Å². The van der Waals surface area contributed by atoms with E-state index in [0.717, 1.165) is 0 Å². The van der Waals surface area contributed by atoms with E-state index in [0.29, 0.717) is 0 Å². The van der Waals surface area contributed by atoms with Gasteiger partial charge in [0.05, 0.1) is 13.2 Å². The van der Waals surface area contributed by atoms with Crippen molar-refractivity contribution in [3.05, 3.63) is 0 Å². The number of rotatable bonds is 1. The molecule has 0 rings (SSSR count). The van der Waals surface area contributed by atoms with Crippen molar-refractivity contribution in [2.45, 2.75) is 6.92 Å². The van der Waals surface area contributed by atoms with Gasteiger partial charge >= 0.3 is 50.7 Å². The predicted molar refractivity (Wildman–Crippen MR) is 41.6 cm³/mol. The Kier molecular flexibility index (Phi) is 48.7. The zero-order chi connectivity index (χ0) is 6.12. The van der Waals surface area contributed by atoms with Gasteiger partial charge in [-0.25, -0.2) is 0 Å². The molecule has 0 aliphatic carbocycles. The molecule has 2 N–H and O–H groups in total. The van der Waals surface area contributed by atoms with E-state index in [1.54, 1.807) is 0 Å². The van der Waals surface area contributed by atoms with E-state index in [9.17, 15) is 0 Å². The summed E-state index contributed by atoms with van der Waals surface area (Å²) in [5, 5.41) is 15.2. The van der Waals surface area contributed by atoms with Crippen molar-refractivity contribution in [2.24, 2.45) is 0 Å². The quantitative estimate of drug-likeness (QED) is 0.409. The van der Waals surface area contributed by atoms with Crippen molar-refractivity contribution in [2.75, 3.05) is 13.2 Å². The third kappa shape index (κ3) is 60.2. The summed E-state index contributed by atoms with van der Waals surface area (Å²) in [5.41, 5.74) is 0. The molecule has 0 heterocycles. The fourth-order valence-electron chi connectivity index (χ4n) is 0. The standard InChI is InChI=1S/C2H6O2.C2H4.Al.Mg.3H/c3-1-2-4;1-2;;;;;/h3-4H,1-2H2;1H,2H3;;;;;. The first-order valence-corrected chi connectivity index (χ1v) is 2.93. The molecule has 0 radical (unpaired) electrons. The van der Waals surface area contributed by atoms with Crippen molar-refractivity contribution < 1.29 is 10.2 Å². The van der Waals surface area contributed by atoms with E-state index < -0.39 is 0 Å². The molecule has 0 aromatic carbocycles. The van der Waals surface area contributed by atoms with Crippen LogP contribution in [0.5, 0.6) is 0 Å². The molecule has 0 amide bonds. The molecular formula is C4H13AlMgO2. The van der Waals surface area contributed by atoms with Crippen LogP contribution < -0.4 is 0 Å². The Morgan fingerprint density at radius 2 is 1.50 bits per heavy atom. The third-order valence-electron chi connectivity index (χ3n) is 0.1000. The molecule has 0 saturated carbocycles. The molecule has 8 heavy (non-hydrogen) atoms. The average molecular weight is 144 g/mol. The van der Waals surface area contributed by atoms with Crippen molar-refractivity contribution in [1.29, 1.82) is 0 Å². The van der Waals surface area contributed by atoms with Crippen LogP contribution in [0.4, 0.5) is 0 Å². The van der Waals surface area contributed by atoms with E-state index in [1.165, 1.54) is 0 Å². The topological polar surface area (TPSA) is 40.5 Å². The largest absolute Gasteiger partial charge is 0.394 e. The minimum atomic E-state index is -0.125. The van der Waals surface area contributed by atoms with Crippen LogP contribution in [0.3, 0.4) is 0 Å². The van der Waals surface area contributed by atoms with E-state index >= 15 is 0 Å². The Bertz CT molecular complexity index is 33.2. The van der Waals surface area contributed by atoms with E-state index in [-0.39, 0.29) is 36.3 Å². The van der Waals surface area contributed by atoms with Crippen LogP contribution in [0.1, 0.15) is 6.92 Å². The van der Waals surface area contributed by atoms with E-state index in [1.807, 2.05) is 27.7 Å². The van der Waals surface area contributed by atoms with E-state index in [4.69, 9.17) is 10.2 Å². The summed E-state index contributed by atoms with van der Waals surface area (Å²) in [6.07, 6.45) is 0. The summed E-state index contributed by atoms with van der Waals surface area (Å²) in [6, 6.07) is 0. The molecule has 0 fully saturated rings. The molecule has 2 nitrogen and oxygen atoms in total. The minimum Gasteiger partial charge on any atom is -0.394 e. The fourth-order valence-corrected chi connectivity index (χ4v) is 0. The molecule has 4 heteroatoms. The van der Waals surface area contributed by atoms with Crippen LogP contribution in [0, 0.1) is 0 Å². The van der Waals surface area contributed by atoms with Crippen LogP contribution in [-0.4, -0.2) is 67.2 Å². The molecule has 0 saturated heterocycles. The molecule has 46 valence electrons. The van der Waals surface area contributed by atoms with Gasteiger partial charge < -0.3 is 10.2 Å². The molecule has 0 atom stereocenters. The summed E-state index contributed by atoms with van der Waals surface area (Å²) in [6.45, 7) is 1.76. The molecule has 0 aliphatic heterocycles. The van der Waals surface area contributed by atoms with Gasteiger partial charge in [-0.2, -0.15) is 0 Å². The minimum absolute atomic E-state index is 0. The van der Waals surface area contributed by atoms with Crippen LogP contribution in [0.2, 0.25) is 0 Å². The zero-order valence-corrected chi connectivity index (χ0v) is 6.01. The molecule has 0 spiro atoms.